The molecule has 1 spiro atoms. The van der Waals surface area contributed by atoms with Crippen LogP contribution in [0, 0.1) is 0 Å². The number of hydrogen-bond acceptors (Lipinski definition) is 8. The minimum Gasteiger partial charge on any atom is -0.448 e. The van der Waals surface area contributed by atoms with Gasteiger partial charge in [-0.05, 0) is 53.6 Å². The topological polar surface area (TPSA) is 139 Å². The van der Waals surface area contributed by atoms with Gasteiger partial charge >= 0.3 is 6.09 Å². The van der Waals surface area contributed by atoms with Gasteiger partial charge in [-0.1, -0.05) is 90.8 Å². The number of rotatable bonds is 11. The van der Waals surface area contributed by atoms with Crippen LogP contribution in [0.15, 0.2) is 78.0 Å². The van der Waals surface area contributed by atoms with Gasteiger partial charge in [0, 0.05) is 35.4 Å². The summed E-state index contributed by atoms with van der Waals surface area (Å²) in [7, 11) is 0. The molecule has 0 radical (unpaired) electrons. The van der Waals surface area contributed by atoms with E-state index >= 15 is 0 Å². The van der Waals surface area contributed by atoms with Gasteiger partial charge in [-0.15, -0.1) is 0 Å². The third-order valence-corrected chi connectivity index (χ3v) is 10.1. The molecule has 4 aliphatic rings. The van der Waals surface area contributed by atoms with E-state index in [4.69, 9.17) is 21.2 Å². The van der Waals surface area contributed by atoms with Gasteiger partial charge in [0.25, 0.3) is 5.91 Å². The van der Waals surface area contributed by atoms with E-state index < -0.39 is 41.7 Å². The fourth-order valence-corrected chi connectivity index (χ4v) is 7.48. The van der Waals surface area contributed by atoms with Gasteiger partial charge in [0.2, 0.25) is 5.91 Å². The zero-order valence-electron chi connectivity index (χ0n) is 27.1. The first-order valence-electron chi connectivity index (χ1n) is 16.8. The van der Waals surface area contributed by atoms with Crippen molar-refractivity contribution in [3.05, 3.63) is 94.5 Å². The number of amides is 3. The smallest absolute Gasteiger partial charge is 0.410 e. The summed E-state index contributed by atoms with van der Waals surface area (Å²) in [5.74, 6) is -1.18. The number of likely N-dealkylation sites (tertiary alicyclic amines) is 1. The summed E-state index contributed by atoms with van der Waals surface area (Å²) in [5.41, 5.74) is 4.82. The number of nitrogens with one attached hydrogen (secondary N) is 2. The highest BCUT2D eigenvalue weighted by atomic mass is 35.5. The highest BCUT2D eigenvalue weighted by Crippen LogP contribution is 2.45. The SMILES string of the molecule is CCC[C@@H](NC(=O)[C@@H]1C[C@]2(CC(c3cccc(Cl)c3)=NO2)CN1C(=O)OCC1c2ccccc2-c2ccccc21)C(OO)C(=O)NC1CC1. The second kappa shape index (κ2) is 13.8. The molecule has 1 saturated heterocycles. The second-order valence-electron chi connectivity index (χ2n) is 13.4. The maximum atomic E-state index is 14.1. The largest absolute Gasteiger partial charge is 0.448 e. The van der Waals surface area contributed by atoms with E-state index in [2.05, 4.69) is 32.8 Å². The van der Waals surface area contributed by atoms with Crippen molar-refractivity contribution in [3.8, 4) is 11.1 Å². The Morgan fingerprint density at radius 2 is 1.78 bits per heavy atom. The van der Waals surface area contributed by atoms with E-state index in [1.54, 1.807) is 12.1 Å². The first-order chi connectivity index (χ1) is 23.8. The summed E-state index contributed by atoms with van der Waals surface area (Å²) in [6, 6.07) is 21.6. The fraction of sp³-hybridized carbons (Fsp3) is 0.405. The number of benzene rings is 3. The zero-order chi connectivity index (χ0) is 34.1. The molecule has 2 aliphatic carbocycles. The summed E-state index contributed by atoms with van der Waals surface area (Å²) in [4.78, 5) is 53.1. The van der Waals surface area contributed by atoms with Crippen molar-refractivity contribution < 1.29 is 34.1 Å². The normalized spacial score (nSPS) is 22.1. The number of ether oxygens (including phenoxy) is 1. The van der Waals surface area contributed by atoms with Gasteiger partial charge in [0.15, 0.2) is 11.7 Å². The van der Waals surface area contributed by atoms with Crippen LogP contribution in [0.2, 0.25) is 5.02 Å². The summed E-state index contributed by atoms with van der Waals surface area (Å²) < 4.78 is 6.01. The minimum atomic E-state index is -1.32. The van der Waals surface area contributed by atoms with Crippen LogP contribution in [0.5, 0.6) is 0 Å². The van der Waals surface area contributed by atoms with Gasteiger partial charge in [-0.3, -0.25) is 19.7 Å². The second-order valence-corrected chi connectivity index (χ2v) is 13.8. The highest BCUT2D eigenvalue weighted by Gasteiger charge is 2.55. The number of carbonyl (C=O) groups is 3. The van der Waals surface area contributed by atoms with Crippen molar-refractivity contribution in [1.82, 2.24) is 15.5 Å². The Bertz CT molecular complexity index is 1740. The van der Waals surface area contributed by atoms with E-state index in [0.717, 1.165) is 40.7 Å². The van der Waals surface area contributed by atoms with E-state index in [9.17, 15) is 19.6 Å². The lowest BCUT2D eigenvalue weighted by atomic mass is 9.91. The standard InChI is InChI=1S/C37H39ClN4O7/c1-2-8-30(33(48-46)35(44)39-24-15-16-24)40-34(43)32-19-37(18-31(41-49-37)22-9-7-10-23(38)17-22)21-42(32)36(45)47-20-29-27-13-5-3-11-25(27)26-12-4-6-14-28(26)29/h3-7,9-14,17,24,29-30,32-33,46H,2,8,15-16,18-21H2,1H3,(H,39,44)(H,40,43)/t30-,32+,33?,37-/m1/s1. The van der Waals surface area contributed by atoms with Crippen molar-refractivity contribution >= 4 is 35.2 Å². The van der Waals surface area contributed by atoms with E-state index in [1.807, 2.05) is 55.5 Å². The Morgan fingerprint density at radius 3 is 2.43 bits per heavy atom. The molecule has 0 aromatic heterocycles. The Balaban J connectivity index is 1.12. The maximum Gasteiger partial charge on any atom is 0.410 e. The third kappa shape index (κ3) is 6.75. The van der Waals surface area contributed by atoms with Crippen molar-refractivity contribution in [2.24, 2.45) is 5.16 Å². The Hall–Kier alpha value is -4.45. The van der Waals surface area contributed by atoms with Crippen molar-refractivity contribution in [2.45, 2.75) is 81.2 Å². The van der Waals surface area contributed by atoms with Crippen molar-refractivity contribution in [3.63, 3.8) is 0 Å². The van der Waals surface area contributed by atoms with Gasteiger partial charge in [0.1, 0.15) is 12.6 Å². The van der Waals surface area contributed by atoms with Crippen LogP contribution < -0.4 is 10.6 Å². The molecule has 3 N–H and O–H groups in total. The molecule has 2 heterocycles. The van der Waals surface area contributed by atoms with Crippen LogP contribution in [-0.4, -0.2) is 76.8 Å². The molecule has 1 unspecified atom stereocenters. The number of nitrogens with zero attached hydrogens (tertiary/aromatic N) is 2. The molecule has 7 rings (SSSR count). The number of fused-ring (bicyclic) bond motifs is 3. The highest BCUT2D eigenvalue weighted by molar-refractivity contribution is 6.31. The molecule has 0 bridgehead atoms. The van der Waals surface area contributed by atoms with E-state index in [1.165, 1.54) is 4.90 Å². The van der Waals surface area contributed by atoms with Gasteiger partial charge < -0.3 is 20.2 Å². The minimum absolute atomic E-state index is 0.0371. The molecule has 3 amide bonds. The third-order valence-electron chi connectivity index (χ3n) is 9.86. The van der Waals surface area contributed by atoms with Crippen LogP contribution in [-0.2, 0) is 24.1 Å². The average molecular weight is 687 g/mol. The maximum absolute atomic E-state index is 14.1. The summed E-state index contributed by atoms with van der Waals surface area (Å²) in [5, 5.41) is 20.4. The lowest BCUT2D eigenvalue weighted by Crippen LogP contribution is -2.55. The van der Waals surface area contributed by atoms with Crippen LogP contribution in [0.25, 0.3) is 11.1 Å². The molecule has 12 heteroatoms. The first kappa shape index (κ1) is 33.1. The van der Waals surface area contributed by atoms with Gasteiger partial charge in [-0.25, -0.2) is 9.68 Å². The molecule has 2 aliphatic heterocycles. The number of hydrogen-bond donors (Lipinski definition) is 3. The van der Waals surface area contributed by atoms with Crippen LogP contribution in [0.1, 0.15) is 68.1 Å². The Labute approximate surface area is 289 Å². The predicted molar refractivity (Wildman–Crippen MR) is 182 cm³/mol. The first-order valence-corrected chi connectivity index (χ1v) is 17.2. The van der Waals surface area contributed by atoms with Gasteiger partial charge in [-0.2, -0.15) is 0 Å². The van der Waals surface area contributed by atoms with Gasteiger partial charge in [0.05, 0.1) is 18.3 Å². The molecule has 3 aromatic carbocycles. The molecule has 49 heavy (non-hydrogen) atoms. The van der Waals surface area contributed by atoms with Crippen molar-refractivity contribution in [2.75, 3.05) is 13.2 Å². The fourth-order valence-electron chi connectivity index (χ4n) is 7.29. The molecular formula is C37H39ClN4O7. The molecule has 3 aromatic rings. The molecule has 1 saturated carbocycles. The van der Waals surface area contributed by atoms with Crippen LogP contribution in [0.3, 0.4) is 0 Å². The lowest BCUT2D eigenvalue weighted by Gasteiger charge is -2.28. The molecule has 2 fully saturated rings. The predicted octanol–water partition coefficient (Wildman–Crippen LogP) is 5.65. The van der Waals surface area contributed by atoms with E-state index in [0.29, 0.717) is 30.0 Å². The number of halogens is 1. The summed E-state index contributed by atoms with van der Waals surface area (Å²) in [6.07, 6.45) is 1.17. The van der Waals surface area contributed by atoms with Crippen LogP contribution in [0.4, 0.5) is 4.79 Å². The summed E-state index contributed by atoms with van der Waals surface area (Å²) >= 11 is 6.25. The quantitative estimate of drug-likeness (QED) is 0.175. The molecule has 256 valence electrons. The lowest BCUT2D eigenvalue weighted by molar-refractivity contribution is -0.277. The Morgan fingerprint density at radius 1 is 1.06 bits per heavy atom. The molecule has 4 atom stereocenters. The number of oxime groups is 1. The Kier molecular flexibility index (Phi) is 9.32. The molecule has 11 nitrogen and oxygen atoms in total. The zero-order valence-corrected chi connectivity index (χ0v) is 27.9. The number of carbonyl (C=O) groups excluding carboxylic acids is 3. The van der Waals surface area contributed by atoms with Crippen molar-refractivity contribution in [1.29, 1.82) is 0 Å². The monoisotopic (exact) mass is 686 g/mol. The average Bonchev–Trinajstić information content (AvgIpc) is 3.56. The molecular weight excluding hydrogens is 648 g/mol. The van der Waals surface area contributed by atoms with E-state index in [-0.39, 0.29) is 31.5 Å². The van der Waals surface area contributed by atoms with Crippen LogP contribution >= 0.6 is 11.6 Å². The summed E-state index contributed by atoms with van der Waals surface area (Å²) in [6.45, 7) is 2.03.